The van der Waals surface area contributed by atoms with E-state index >= 15 is 0 Å². The van der Waals surface area contributed by atoms with Crippen molar-refractivity contribution in [1.29, 1.82) is 0 Å². The van der Waals surface area contributed by atoms with Gasteiger partial charge in [0.15, 0.2) is 5.65 Å². The molecule has 0 aliphatic rings. The highest BCUT2D eigenvalue weighted by Gasteiger charge is 2.06. The fourth-order valence-electron chi connectivity index (χ4n) is 1.24. The molecule has 1 atom stereocenters. The molecule has 0 radical (unpaired) electrons. The predicted molar refractivity (Wildman–Crippen MR) is 53.0 cm³/mol. The minimum atomic E-state index is -0.0527. The van der Waals surface area contributed by atoms with E-state index in [4.69, 9.17) is 18.0 Å². The summed E-state index contributed by atoms with van der Waals surface area (Å²) in [5, 5.41) is 3.01. The fourth-order valence-corrected chi connectivity index (χ4v) is 1.40. The summed E-state index contributed by atoms with van der Waals surface area (Å²) in [5.41, 5.74) is 7.53. The number of hydrogen-bond acceptors (Lipinski definition) is 3. The third-order valence-corrected chi connectivity index (χ3v) is 2.12. The van der Waals surface area contributed by atoms with Gasteiger partial charge < -0.3 is 5.73 Å². The Morgan fingerprint density at radius 2 is 2.38 bits per heavy atom. The van der Waals surface area contributed by atoms with E-state index in [1.807, 2.05) is 23.6 Å². The first-order valence-electron chi connectivity index (χ1n) is 4.01. The summed E-state index contributed by atoms with van der Waals surface area (Å²) in [6.07, 6.45) is 1.76. The highest BCUT2D eigenvalue weighted by atomic mass is 32.1. The molecule has 0 saturated heterocycles. The van der Waals surface area contributed by atoms with Crippen molar-refractivity contribution in [2.24, 2.45) is 5.73 Å². The number of aromatic amines is 1. The third-order valence-electron chi connectivity index (χ3n) is 1.89. The van der Waals surface area contributed by atoms with Gasteiger partial charge in [0.2, 0.25) is 0 Å². The lowest BCUT2D eigenvalue weighted by atomic mass is 10.3. The lowest BCUT2D eigenvalue weighted by Crippen LogP contribution is -2.09. The molecule has 2 aromatic heterocycles. The van der Waals surface area contributed by atoms with Gasteiger partial charge in [-0.3, -0.25) is 5.10 Å². The van der Waals surface area contributed by atoms with E-state index in [1.165, 1.54) is 0 Å². The Kier molecular flexibility index (Phi) is 1.90. The predicted octanol–water partition coefficient (Wildman–Crippen LogP) is 1.41. The van der Waals surface area contributed by atoms with Crippen molar-refractivity contribution in [3.05, 3.63) is 28.7 Å². The molecule has 0 aromatic carbocycles. The summed E-state index contributed by atoms with van der Waals surface area (Å²) in [4.78, 5) is 4.19. The lowest BCUT2D eigenvalue weighted by molar-refractivity contribution is 0.728. The third kappa shape index (κ3) is 1.36. The smallest absolute Gasteiger partial charge is 0.151 e. The number of H-pyrrole nitrogens is 1. The zero-order valence-corrected chi connectivity index (χ0v) is 8.01. The van der Waals surface area contributed by atoms with Crippen molar-refractivity contribution in [2.75, 3.05) is 0 Å². The van der Waals surface area contributed by atoms with E-state index in [-0.39, 0.29) is 6.04 Å². The van der Waals surface area contributed by atoms with E-state index in [2.05, 4.69) is 10.1 Å². The summed E-state index contributed by atoms with van der Waals surface area (Å²) in [6, 6.07) is 3.62. The van der Waals surface area contributed by atoms with Crippen molar-refractivity contribution in [1.82, 2.24) is 14.6 Å². The highest BCUT2D eigenvalue weighted by Crippen LogP contribution is 2.10. The van der Waals surface area contributed by atoms with E-state index in [0.29, 0.717) is 4.64 Å². The van der Waals surface area contributed by atoms with Crippen LogP contribution in [0.3, 0.4) is 0 Å². The molecule has 0 saturated carbocycles. The Morgan fingerprint density at radius 3 is 3.08 bits per heavy atom. The molecule has 0 fully saturated rings. The largest absolute Gasteiger partial charge is 0.323 e. The maximum absolute atomic E-state index is 5.76. The average Bonchev–Trinajstić information content (AvgIpc) is 2.46. The lowest BCUT2D eigenvalue weighted by Gasteiger charge is -2.03. The quantitative estimate of drug-likeness (QED) is 0.675. The van der Waals surface area contributed by atoms with Crippen LogP contribution in [-0.2, 0) is 0 Å². The Labute approximate surface area is 80.4 Å². The van der Waals surface area contributed by atoms with Gasteiger partial charge in [-0.05, 0) is 19.1 Å². The number of nitrogens with one attached hydrogen (secondary N) is 1. The molecule has 0 bridgehead atoms. The van der Waals surface area contributed by atoms with Crippen molar-refractivity contribution >= 4 is 17.9 Å². The Bertz CT molecular complexity index is 482. The summed E-state index contributed by atoms with van der Waals surface area (Å²) >= 11 is 5.01. The molecular weight excluding hydrogens is 184 g/mol. The fraction of sp³-hybridized carbons (Fsp3) is 0.250. The molecule has 5 heteroatoms. The van der Waals surface area contributed by atoms with Gasteiger partial charge in [-0.25, -0.2) is 9.50 Å². The molecule has 0 aliphatic heterocycles. The van der Waals surface area contributed by atoms with E-state index in [1.54, 1.807) is 6.20 Å². The van der Waals surface area contributed by atoms with Gasteiger partial charge in [0, 0.05) is 6.04 Å². The Morgan fingerprint density at radius 1 is 1.62 bits per heavy atom. The SMILES string of the molecule is CC(N)c1cnc2ccc(=S)[nH]n12. The number of nitrogens with zero attached hydrogens (tertiary/aromatic N) is 2. The standard InChI is InChI=1S/C8H10N4S/c1-5(9)6-4-10-7-2-3-8(13)11-12(6)7/h2-5H,9H2,1H3,(H,11,13). The van der Waals surface area contributed by atoms with Crippen LogP contribution in [0.4, 0.5) is 0 Å². The molecule has 3 N–H and O–H groups in total. The van der Waals surface area contributed by atoms with Crippen LogP contribution < -0.4 is 5.73 Å². The van der Waals surface area contributed by atoms with Crippen LogP contribution in [0, 0.1) is 4.64 Å². The molecule has 0 spiro atoms. The number of imidazole rings is 1. The Hall–Kier alpha value is -1.20. The second-order valence-corrected chi connectivity index (χ2v) is 3.41. The summed E-state index contributed by atoms with van der Waals surface area (Å²) < 4.78 is 2.49. The van der Waals surface area contributed by atoms with E-state index in [9.17, 15) is 0 Å². The molecule has 2 aromatic rings. The zero-order valence-electron chi connectivity index (χ0n) is 7.19. The number of nitrogens with two attached hydrogens (primary N) is 1. The first-order chi connectivity index (χ1) is 6.18. The van der Waals surface area contributed by atoms with Crippen molar-refractivity contribution in [3.63, 3.8) is 0 Å². The van der Waals surface area contributed by atoms with Gasteiger partial charge in [0.1, 0.15) is 4.64 Å². The first kappa shape index (κ1) is 8.40. The Balaban J connectivity index is 2.79. The number of hydrogen-bond donors (Lipinski definition) is 2. The topological polar surface area (TPSA) is 59.1 Å². The molecule has 0 amide bonds. The maximum Gasteiger partial charge on any atom is 0.151 e. The summed E-state index contributed by atoms with van der Waals surface area (Å²) in [5.74, 6) is 0. The molecule has 2 heterocycles. The van der Waals surface area contributed by atoms with Crippen LogP contribution in [0.25, 0.3) is 5.65 Å². The van der Waals surface area contributed by atoms with Crippen LogP contribution in [0.2, 0.25) is 0 Å². The van der Waals surface area contributed by atoms with Crippen LogP contribution in [-0.4, -0.2) is 14.6 Å². The van der Waals surface area contributed by atoms with Gasteiger partial charge in [-0.15, -0.1) is 0 Å². The second kappa shape index (κ2) is 2.93. The highest BCUT2D eigenvalue weighted by molar-refractivity contribution is 7.71. The number of rotatable bonds is 1. The number of aromatic nitrogens is 3. The normalized spacial score (nSPS) is 13.4. The molecule has 0 aliphatic carbocycles. The molecule has 68 valence electrons. The van der Waals surface area contributed by atoms with Crippen molar-refractivity contribution < 1.29 is 0 Å². The molecule has 2 rings (SSSR count). The van der Waals surface area contributed by atoms with E-state index < -0.39 is 0 Å². The molecule has 13 heavy (non-hydrogen) atoms. The van der Waals surface area contributed by atoms with Crippen LogP contribution in [0.15, 0.2) is 18.3 Å². The molecule has 1 unspecified atom stereocenters. The van der Waals surface area contributed by atoms with Crippen LogP contribution in [0.5, 0.6) is 0 Å². The van der Waals surface area contributed by atoms with Gasteiger partial charge in [-0.1, -0.05) is 12.2 Å². The zero-order chi connectivity index (χ0) is 9.42. The summed E-state index contributed by atoms with van der Waals surface area (Å²) in [6.45, 7) is 1.91. The monoisotopic (exact) mass is 194 g/mol. The second-order valence-electron chi connectivity index (χ2n) is 2.97. The van der Waals surface area contributed by atoms with Crippen LogP contribution in [0.1, 0.15) is 18.7 Å². The van der Waals surface area contributed by atoms with Crippen molar-refractivity contribution in [2.45, 2.75) is 13.0 Å². The maximum atomic E-state index is 5.76. The minimum absolute atomic E-state index is 0.0527. The van der Waals surface area contributed by atoms with Gasteiger partial charge >= 0.3 is 0 Å². The van der Waals surface area contributed by atoms with Crippen molar-refractivity contribution in [3.8, 4) is 0 Å². The molecular formula is C8H10N4S. The number of fused-ring (bicyclic) bond motifs is 1. The van der Waals surface area contributed by atoms with Crippen LogP contribution >= 0.6 is 12.2 Å². The van der Waals surface area contributed by atoms with Gasteiger partial charge in [0.05, 0.1) is 11.9 Å². The first-order valence-corrected chi connectivity index (χ1v) is 4.41. The van der Waals surface area contributed by atoms with Gasteiger partial charge in [-0.2, -0.15) is 0 Å². The summed E-state index contributed by atoms with van der Waals surface area (Å²) in [7, 11) is 0. The molecule has 4 nitrogen and oxygen atoms in total. The average molecular weight is 194 g/mol. The van der Waals surface area contributed by atoms with Gasteiger partial charge in [0.25, 0.3) is 0 Å². The van der Waals surface area contributed by atoms with E-state index in [0.717, 1.165) is 11.3 Å². The minimum Gasteiger partial charge on any atom is -0.323 e.